The Morgan fingerprint density at radius 2 is 2.00 bits per heavy atom. The highest BCUT2D eigenvalue weighted by atomic mass is 35.5. The molecule has 0 heterocycles. The third-order valence-corrected chi connectivity index (χ3v) is 4.67. The third-order valence-electron chi connectivity index (χ3n) is 4.45. The summed E-state index contributed by atoms with van der Waals surface area (Å²) < 4.78 is 0. The summed E-state index contributed by atoms with van der Waals surface area (Å²) in [6, 6.07) is 11.2. The van der Waals surface area contributed by atoms with Crippen molar-refractivity contribution in [3.8, 4) is 0 Å². The summed E-state index contributed by atoms with van der Waals surface area (Å²) >= 11 is 6.21. The Morgan fingerprint density at radius 1 is 1.27 bits per heavy atom. The summed E-state index contributed by atoms with van der Waals surface area (Å²) in [7, 11) is 0. The SMILES string of the molecule is Cc1cc(Cl)cc(C(C)(C)CNc2ccc(C(=O)O)cc2CCC=N)c1. The number of rotatable bonds is 8. The Labute approximate surface area is 159 Å². The topological polar surface area (TPSA) is 73.2 Å². The molecule has 0 aromatic heterocycles. The van der Waals surface area contributed by atoms with Crippen molar-refractivity contribution in [1.29, 1.82) is 5.41 Å². The fourth-order valence-corrected chi connectivity index (χ4v) is 3.17. The van der Waals surface area contributed by atoms with E-state index in [9.17, 15) is 9.90 Å². The lowest BCUT2D eigenvalue weighted by molar-refractivity contribution is 0.0697. The van der Waals surface area contributed by atoms with Crippen molar-refractivity contribution in [1.82, 2.24) is 0 Å². The number of anilines is 1. The van der Waals surface area contributed by atoms with Crippen LogP contribution in [0, 0.1) is 12.3 Å². The van der Waals surface area contributed by atoms with Crippen LogP contribution in [0.3, 0.4) is 0 Å². The van der Waals surface area contributed by atoms with E-state index in [1.54, 1.807) is 12.1 Å². The van der Waals surface area contributed by atoms with Gasteiger partial charge in [0.25, 0.3) is 0 Å². The van der Waals surface area contributed by atoms with Crippen LogP contribution >= 0.6 is 11.6 Å². The van der Waals surface area contributed by atoms with Gasteiger partial charge in [0.15, 0.2) is 0 Å². The maximum absolute atomic E-state index is 11.2. The highest BCUT2D eigenvalue weighted by Crippen LogP contribution is 2.28. The Bertz CT molecular complexity index is 795. The Balaban J connectivity index is 2.23. The average Bonchev–Trinajstić information content (AvgIpc) is 2.57. The normalized spacial score (nSPS) is 11.2. The van der Waals surface area contributed by atoms with Crippen LogP contribution in [-0.2, 0) is 11.8 Å². The maximum atomic E-state index is 11.2. The molecule has 0 aliphatic rings. The van der Waals surface area contributed by atoms with Gasteiger partial charge in [-0.25, -0.2) is 4.79 Å². The van der Waals surface area contributed by atoms with E-state index in [-0.39, 0.29) is 11.0 Å². The van der Waals surface area contributed by atoms with Gasteiger partial charge in [-0.05, 0) is 73.0 Å². The maximum Gasteiger partial charge on any atom is 0.335 e. The number of aromatic carboxylic acids is 1. The van der Waals surface area contributed by atoms with Gasteiger partial charge in [-0.2, -0.15) is 0 Å². The van der Waals surface area contributed by atoms with Crippen LogP contribution in [0.2, 0.25) is 5.02 Å². The average molecular weight is 373 g/mol. The molecular formula is C21H25ClN2O2. The van der Waals surface area contributed by atoms with Gasteiger partial charge in [0.05, 0.1) is 5.56 Å². The molecular weight excluding hydrogens is 348 g/mol. The number of benzene rings is 2. The second-order valence-electron chi connectivity index (χ2n) is 7.17. The molecule has 2 aromatic carbocycles. The first-order valence-electron chi connectivity index (χ1n) is 8.59. The summed E-state index contributed by atoms with van der Waals surface area (Å²) in [4.78, 5) is 11.2. The third kappa shape index (κ3) is 5.09. The Kier molecular flexibility index (Phi) is 6.43. The van der Waals surface area contributed by atoms with Crippen LogP contribution in [-0.4, -0.2) is 23.8 Å². The van der Waals surface area contributed by atoms with Gasteiger partial charge in [-0.1, -0.05) is 31.5 Å². The molecule has 0 fully saturated rings. The van der Waals surface area contributed by atoms with Crippen LogP contribution in [0.4, 0.5) is 5.69 Å². The monoisotopic (exact) mass is 372 g/mol. The number of carboxylic acid groups (broad SMARTS) is 1. The summed E-state index contributed by atoms with van der Waals surface area (Å²) in [5.41, 5.74) is 4.20. The predicted molar refractivity (Wildman–Crippen MR) is 108 cm³/mol. The molecule has 26 heavy (non-hydrogen) atoms. The van der Waals surface area contributed by atoms with E-state index in [2.05, 4.69) is 25.2 Å². The minimum atomic E-state index is -0.942. The number of carboxylic acids is 1. The Morgan fingerprint density at radius 3 is 2.62 bits per heavy atom. The lowest BCUT2D eigenvalue weighted by atomic mass is 9.83. The molecule has 0 saturated carbocycles. The lowest BCUT2D eigenvalue weighted by Crippen LogP contribution is -2.28. The van der Waals surface area contributed by atoms with E-state index < -0.39 is 5.97 Å². The molecule has 0 atom stereocenters. The van der Waals surface area contributed by atoms with E-state index in [4.69, 9.17) is 17.0 Å². The van der Waals surface area contributed by atoms with Crippen molar-refractivity contribution in [2.24, 2.45) is 0 Å². The molecule has 0 bridgehead atoms. The molecule has 0 saturated heterocycles. The molecule has 2 aromatic rings. The molecule has 4 nitrogen and oxygen atoms in total. The molecule has 0 amide bonds. The number of hydrogen-bond donors (Lipinski definition) is 3. The lowest BCUT2D eigenvalue weighted by Gasteiger charge is -2.27. The van der Waals surface area contributed by atoms with Crippen molar-refractivity contribution < 1.29 is 9.90 Å². The van der Waals surface area contributed by atoms with Gasteiger partial charge < -0.3 is 15.8 Å². The van der Waals surface area contributed by atoms with Gasteiger partial charge in [-0.3, -0.25) is 0 Å². The molecule has 0 aliphatic heterocycles. The molecule has 0 spiro atoms. The first kappa shape index (κ1) is 20.0. The number of halogens is 1. The van der Waals surface area contributed by atoms with E-state index in [1.165, 1.54) is 6.21 Å². The van der Waals surface area contributed by atoms with Crippen molar-refractivity contribution >= 4 is 29.5 Å². The number of hydrogen-bond acceptors (Lipinski definition) is 3. The van der Waals surface area contributed by atoms with E-state index in [1.807, 2.05) is 25.1 Å². The second-order valence-corrected chi connectivity index (χ2v) is 7.61. The number of aryl methyl sites for hydroxylation is 2. The molecule has 3 N–H and O–H groups in total. The van der Waals surface area contributed by atoms with E-state index in [0.29, 0.717) is 19.4 Å². The van der Waals surface area contributed by atoms with Crippen LogP contribution in [0.25, 0.3) is 0 Å². The van der Waals surface area contributed by atoms with E-state index in [0.717, 1.165) is 27.4 Å². The van der Waals surface area contributed by atoms with Gasteiger partial charge in [0.1, 0.15) is 0 Å². The van der Waals surface area contributed by atoms with Crippen molar-refractivity contribution in [3.05, 3.63) is 63.7 Å². The molecule has 0 unspecified atom stereocenters. The van der Waals surface area contributed by atoms with E-state index >= 15 is 0 Å². The van der Waals surface area contributed by atoms with Crippen molar-refractivity contribution in [2.45, 2.75) is 39.0 Å². The molecule has 2 rings (SSSR count). The quantitative estimate of drug-likeness (QED) is 0.549. The Hall–Kier alpha value is -2.33. The van der Waals surface area contributed by atoms with Gasteiger partial charge in [0.2, 0.25) is 0 Å². The molecule has 5 heteroatoms. The number of nitrogens with one attached hydrogen (secondary N) is 2. The predicted octanol–water partition coefficient (Wildman–Crippen LogP) is 5.32. The van der Waals surface area contributed by atoms with Crippen LogP contribution in [0.5, 0.6) is 0 Å². The number of carbonyl (C=O) groups is 1. The summed E-state index contributed by atoms with van der Waals surface area (Å²) in [6.45, 7) is 7.00. The molecule has 138 valence electrons. The standard InChI is InChI=1S/C21H25ClN2O2/c1-14-9-17(12-18(22)10-14)21(2,3)13-24-19-7-6-16(20(25)26)11-15(19)5-4-8-23/h6-12,23-24H,4-5,13H2,1-3H3,(H,25,26). The fourth-order valence-electron chi connectivity index (χ4n) is 2.88. The van der Waals surface area contributed by atoms with Gasteiger partial charge in [-0.15, -0.1) is 0 Å². The fraction of sp³-hybridized carbons (Fsp3) is 0.333. The minimum Gasteiger partial charge on any atom is -0.478 e. The first-order chi connectivity index (χ1) is 12.2. The zero-order valence-electron chi connectivity index (χ0n) is 15.4. The van der Waals surface area contributed by atoms with Gasteiger partial charge >= 0.3 is 5.97 Å². The zero-order chi connectivity index (χ0) is 19.3. The summed E-state index contributed by atoms with van der Waals surface area (Å²) in [5.74, 6) is -0.942. The van der Waals surface area contributed by atoms with Gasteiger partial charge in [0, 0.05) is 22.7 Å². The molecule has 0 aliphatic carbocycles. The minimum absolute atomic E-state index is 0.153. The highest BCUT2D eigenvalue weighted by Gasteiger charge is 2.22. The van der Waals surface area contributed by atoms with Crippen LogP contribution in [0.15, 0.2) is 36.4 Å². The van der Waals surface area contributed by atoms with Crippen LogP contribution < -0.4 is 5.32 Å². The van der Waals surface area contributed by atoms with Crippen molar-refractivity contribution in [2.75, 3.05) is 11.9 Å². The smallest absolute Gasteiger partial charge is 0.335 e. The second kappa shape index (κ2) is 8.37. The first-order valence-corrected chi connectivity index (χ1v) is 8.97. The molecule has 0 radical (unpaired) electrons. The van der Waals surface area contributed by atoms with Crippen molar-refractivity contribution in [3.63, 3.8) is 0 Å². The highest BCUT2D eigenvalue weighted by molar-refractivity contribution is 6.30. The zero-order valence-corrected chi connectivity index (χ0v) is 16.2. The summed E-state index contributed by atoms with van der Waals surface area (Å²) in [6.07, 6.45) is 2.55. The largest absolute Gasteiger partial charge is 0.478 e. The summed E-state index contributed by atoms with van der Waals surface area (Å²) in [5, 5.41) is 20.6. The van der Waals surface area contributed by atoms with Crippen LogP contribution in [0.1, 0.15) is 47.3 Å².